The van der Waals surface area contributed by atoms with Crippen molar-refractivity contribution in [1.29, 1.82) is 0 Å². The summed E-state index contributed by atoms with van der Waals surface area (Å²) in [6, 6.07) is 12.8. The predicted octanol–water partition coefficient (Wildman–Crippen LogP) is 4.44. The molecule has 2 rings (SSSR count). The van der Waals surface area contributed by atoms with E-state index >= 15 is 0 Å². The highest BCUT2D eigenvalue weighted by Gasteiger charge is 2.14. The third-order valence-corrected chi connectivity index (χ3v) is 3.70. The van der Waals surface area contributed by atoms with E-state index in [-0.39, 0.29) is 6.04 Å². The van der Waals surface area contributed by atoms with Crippen molar-refractivity contribution in [2.24, 2.45) is 5.73 Å². The van der Waals surface area contributed by atoms with Crippen molar-refractivity contribution in [3.05, 3.63) is 63.6 Å². The van der Waals surface area contributed by atoms with Gasteiger partial charge in [-0.1, -0.05) is 47.5 Å². The van der Waals surface area contributed by atoms with E-state index in [1.807, 2.05) is 43.3 Å². The maximum absolute atomic E-state index is 6.23. The van der Waals surface area contributed by atoms with E-state index in [1.165, 1.54) is 0 Å². The van der Waals surface area contributed by atoms with E-state index in [1.54, 1.807) is 6.07 Å². The summed E-state index contributed by atoms with van der Waals surface area (Å²) in [7, 11) is 0. The number of hydrogen-bond acceptors (Lipinski definition) is 2. The Labute approximate surface area is 123 Å². The average molecular weight is 296 g/mol. The smallest absolute Gasteiger partial charge is 0.119 e. The minimum absolute atomic E-state index is 0.304. The van der Waals surface area contributed by atoms with Crippen LogP contribution in [0.1, 0.15) is 24.1 Å². The van der Waals surface area contributed by atoms with Crippen molar-refractivity contribution in [1.82, 2.24) is 0 Å². The fourth-order valence-corrected chi connectivity index (χ4v) is 2.30. The van der Waals surface area contributed by atoms with Gasteiger partial charge in [0.05, 0.1) is 22.7 Å². The van der Waals surface area contributed by atoms with Gasteiger partial charge < -0.3 is 10.5 Å². The van der Waals surface area contributed by atoms with Gasteiger partial charge in [0.1, 0.15) is 5.75 Å². The molecule has 0 bridgehead atoms. The van der Waals surface area contributed by atoms with Gasteiger partial charge in [0, 0.05) is 0 Å². The molecule has 0 saturated heterocycles. The Bertz CT molecular complexity index is 555. The highest BCUT2D eigenvalue weighted by molar-refractivity contribution is 6.42. The molecule has 100 valence electrons. The molecule has 0 spiro atoms. The summed E-state index contributed by atoms with van der Waals surface area (Å²) >= 11 is 12.2. The van der Waals surface area contributed by atoms with Crippen LogP contribution in [0, 0.1) is 0 Å². The molecule has 0 aliphatic heterocycles. The van der Waals surface area contributed by atoms with E-state index in [0.717, 1.165) is 16.9 Å². The maximum atomic E-state index is 6.23. The first-order valence-corrected chi connectivity index (χ1v) is 6.81. The van der Waals surface area contributed by atoms with Crippen LogP contribution < -0.4 is 10.5 Å². The third-order valence-electron chi connectivity index (χ3n) is 2.87. The van der Waals surface area contributed by atoms with Gasteiger partial charge in [0.25, 0.3) is 0 Å². The molecule has 0 aromatic heterocycles. The Balaban J connectivity index is 2.28. The molecule has 2 nitrogen and oxygen atoms in total. The number of nitrogens with two attached hydrogens (primary N) is 1. The van der Waals surface area contributed by atoms with Crippen LogP contribution in [-0.2, 0) is 0 Å². The monoisotopic (exact) mass is 295 g/mol. The zero-order valence-electron chi connectivity index (χ0n) is 10.6. The molecule has 1 unspecified atom stereocenters. The average Bonchev–Trinajstić information content (AvgIpc) is 2.42. The largest absolute Gasteiger partial charge is 0.494 e. The molecular formula is C15H15Cl2NO. The second-order valence-electron chi connectivity index (χ2n) is 4.12. The molecule has 0 radical (unpaired) electrons. The quantitative estimate of drug-likeness (QED) is 0.905. The summed E-state index contributed by atoms with van der Waals surface area (Å²) in [5.74, 6) is 0.829. The lowest BCUT2D eigenvalue weighted by molar-refractivity contribution is 0.340. The lowest BCUT2D eigenvalue weighted by Gasteiger charge is -2.15. The summed E-state index contributed by atoms with van der Waals surface area (Å²) in [6.07, 6.45) is 0. The van der Waals surface area contributed by atoms with Crippen molar-refractivity contribution in [3.63, 3.8) is 0 Å². The normalized spacial score (nSPS) is 12.2. The zero-order valence-corrected chi connectivity index (χ0v) is 12.1. The Morgan fingerprint density at radius 2 is 1.79 bits per heavy atom. The van der Waals surface area contributed by atoms with Gasteiger partial charge in [-0.05, 0) is 36.2 Å². The van der Waals surface area contributed by atoms with E-state index in [0.29, 0.717) is 16.7 Å². The Morgan fingerprint density at radius 3 is 2.42 bits per heavy atom. The molecule has 2 aromatic carbocycles. The highest BCUT2D eigenvalue weighted by atomic mass is 35.5. The fourth-order valence-electron chi connectivity index (χ4n) is 1.88. The summed E-state index contributed by atoms with van der Waals surface area (Å²) in [5, 5.41) is 1.02. The topological polar surface area (TPSA) is 35.2 Å². The van der Waals surface area contributed by atoms with Gasteiger partial charge in [0.2, 0.25) is 0 Å². The van der Waals surface area contributed by atoms with Gasteiger partial charge in [-0.15, -0.1) is 0 Å². The lowest BCUT2D eigenvalue weighted by atomic mass is 9.99. The molecular weight excluding hydrogens is 281 g/mol. The first kappa shape index (κ1) is 14.2. The summed E-state index contributed by atoms with van der Waals surface area (Å²) in [6.45, 7) is 2.59. The van der Waals surface area contributed by atoms with Gasteiger partial charge in [-0.3, -0.25) is 0 Å². The van der Waals surface area contributed by atoms with Crippen LogP contribution in [0.3, 0.4) is 0 Å². The van der Waals surface area contributed by atoms with Crippen LogP contribution in [0.4, 0.5) is 0 Å². The molecule has 0 amide bonds. The summed E-state index contributed by atoms with van der Waals surface area (Å²) < 4.78 is 5.40. The van der Waals surface area contributed by atoms with E-state index in [4.69, 9.17) is 33.7 Å². The fraction of sp³-hybridized carbons (Fsp3) is 0.200. The van der Waals surface area contributed by atoms with Crippen molar-refractivity contribution in [2.75, 3.05) is 6.61 Å². The first-order valence-electron chi connectivity index (χ1n) is 6.05. The van der Waals surface area contributed by atoms with Crippen LogP contribution in [0.2, 0.25) is 10.0 Å². The molecule has 0 aliphatic carbocycles. The molecule has 0 fully saturated rings. The Hall–Kier alpha value is -1.22. The minimum Gasteiger partial charge on any atom is -0.494 e. The predicted molar refractivity (Wildman–Crippen MR) is 80.1 cm³/mol. The van der Waals surface area contributed by atoms with Crippen molar-refractivity contribution in [3.8, 4) is 5.75 Å². The zero-order chi connectivity index (χ0) is 13.8. The van der Waals surface area contributed by atoms with Gasteiger partial charge >= 0.3 is 0 Å². The van der Waals surface area contributed by atoms with E-state index in [9.17, 15) is 0 Å². The molecule has 0 heterocycles. The van der Waals surface area contributed by atoms with Gasteiger partial charge in [-0.2, -0.15) is 0 Å². The van der Waals surface area contributed by atoms with E-state index < -0.39 is 0 Å². The van der Waals surface area contributed by atoms with Crippen LogP contribution in [0.5, 0.6) is 5.75 Å². The van der Waals surface area contributed by atoms with Crippen molar-refractivity contribution >= 4 is 23.2 Å². The van der Waals surface area contributed by atoms with Crippen molar-refractivity contribution in [2.45, 2.75) is 13.0 Å². The van der Waals surface area contributed by atoms with Crippen LogP contribution in [-0.4, -0.2) is 6.61 Å². The molecule has 0 saturated carbocycles. The first-order chi connectivity index (χ1) is 9.13. The van der Waals surface area contributed by atoms with E-state index in [2.05, 4.69) is 0 Å². The summed E-state index contributed by atoms with van der Waals surface area (Å²) in [5.41, 5.74) is 8.01. The highest BCUT2D eigenvalue weighted by Crippen LogP contribution is 2.32. The molecule has 4 heteroatoms. The van der Waals surface area contributed by atoms with Gasteiger partial charge in [0.15, 0.2) is 0 Å². The SMILES string of the molecule is CCOc1ccc(C(N)c2cccc(Cl)c2Cl)cc1. The molecule has 2 N–H and O–H groups in total. The number of halogens is 2. The van der Waals surface area contributed by atoms with Crippen LogP contribution in [0.15, 0.2) is 42.5 Å². The van der Waals surface area contributed by atoms with Gasteiger partial charge in [-0.25, -0.2) is 0 Å². The number of benzene rings is 2. The van der Waals surface area contributed by atoms with Crippen LogP contribution in [0.25, 0.3) is 0 Å². The second-order valence-corrected chi connectivity index (χ2v) is 4.91. The minimum atomic E-state index is -0.304. The Morgan fingerprint density at radius 1 is 1.11 bits per heavy atom. The summed E-state index contributed by atoms with van der Waals surface area (Å²) in [4.78, 5) is 0. The maximum Gasteiger partial charge on any atom is 0.119 e. The standard InChI is InChI=1S/C15H15Cl2NO/c1-2-19-11-8-6-10(7-9-11)15(18)12-4-3-5-13(16)14(12)17/h3-9,15H,2,18H2,1H3. The molecule has 2 aromatic rings. The molecule has 1 atom stereocenters. The number of hydrogen-bond donors (Lipinski definition) is 1. The Kier molecular flexibility index (Phi) is 4.70. The number of rotatable bonds is 4. The van der Waals surface area contributed by atoms with Crippen LogP contribution >= 0.6 is 23.2 Å². The lowest BCUT2D eigenvalue weighted by Crippen LogP contribution is -2.12. The second kappa shape index (κ2) is 6.29. The molecule has 0 aliphatic rings. The molecule has 19 heavy (non-hydrogen) atoms. The third kappa shape index (κ3) is 3.21. The van der Waals surface area contributed by atoms with Crippen molar-refractivity contribution < 1.29 is 4.74 Å². The number of ether oxygens (including phenoxy) is 1.